The molecule has 3 aromatic rings. The number of anilines is 3. The van der Waals surface area contributed by atoms with Crippen molar-refractivity contribution in [3.8, 4) is 5.75 Å². The van der Waals surface area contributed by atoms with Crippen molar-refractivity contribution in [2.45, 2.75) is 13.1 Å². The van der Waals surface area contributed by atoms with Gasteiger partial charge in [-0.25, -0.2) is 0 Å². The van der Waals surface area contributed by atoms with Crippen LogP contribution in [0, 0.1) is 0 Å². The molecule has 0 saturated heterocycles. The molecule has 0 aliphatic carbocycles. The fourth-order valence-corrected chi connectivity index (χ4v) is 3.34. The molecule has 1 atom stereocenters. The predicted molar refractivity (Wildman–Crippen MR) is 111 cm³/mol. The van der Waals surface area contributed by atoms with Crippen LogP contribution < -0.4 is 20.3 Å². The summed E-state index contributed by atoms with van der Waals surface area (Å²) in [6.45, 7) is 1.46. The van der Waals surface area contributed by atoms with Gasteiger partial charge in [-0.3, -0.25) is 19.5 Å². The van der Waals surface area contributed by atoms with E-state index in [1.165, 1.54) is 6.92 Å². The van der Waals surface area contributed by atoms with Gasteiger partial charge in [0.25, 0.3) is 5.91 Å². The largest absolute Gasteiger partial charge is 0.497 e. The Balaban J connectivity index is 1.67. The van der Waals surface area contributed by atoms with Gasteiger partial charge in [0.2, 0.25) is 5.91 Å². The van der Waals surface area contributed by atoms with Crippen molar-refractivity contribution in [1.29, 1.82) is 0 Å². The molecule has 2 N–H and O–H groups in total. The average molecular weight is 388 g/mol. The highest BCUT2D eigenvalue weighted by Gasteiger charge is 2.39. The van der Waals surface area contributed by atoms with Crippen molar-refractivity contribution in [3.63, 3.8) is 0 Å². The number of rotatable bonds is 5. The van der Waals surface area contributed by atoms with E-state index in [0.29, 0.717) is 22.7 Å². The van der Waals surface area contributed by atoms with E-state index in [2.05, 4.69) is 15.6 Å². The van der Waals surface area contributed by atoms with Crippen molar-refractivity contribution in [1.82, 2.24) is 4.98 Å². The molecule has 146 valence electrons. The maximum Gasteiger partial charge on any atom is 0.262 e. The maximum absolute atomic E-state index is 13.1. The van der Waals surface area contributed by atoms with E-state index < -0.39 is 6.17 Å². The molecule has 0 fully saturated rings. The van der Waals surface area contributed by atoms with Gasteiger partial charge in [0.1, 0.15) is 5.75 Å². The van der Waals surface area contributed by atoms with E-state index in [1.807, 2.05) is 36.4 Å². The van der Waals surface area contributed by atoms with E-state index >= 15 is 0 Å². The minimum atomic E-state index is -0.460. The van der Waals surface area contributed by atoms with Crippen molar-refractivity contribution in [2.24, 2.45) is 0 Å². The van der Waals surface area contributed by atoms with Crippen molar-refractivity contribution < 1.29 is 14.3 Å². The smallest absolute Gasteiger partial charge is 0.262 e. The lowest BCUT2D eigenvalue weighted by Crippen LogP contribution is -2.32. The van der Waals surface area contributed by atoms with Crippen LogP contribution in [0.3, 0.4) is 0 Å². The second-order valence-corrected chi connectivity index (χ2v) is 6.61. The molecule has 7 nitrogen and oxygen atoms in total. The number of amides is 2. The molecule has 1 aromatic heterocycles. The number of nitrogens with zero attached hydrogens (tertiary/aromatic N) is 2. The third-order valence-corrected chi connectivity index (χ3v) is 4.66. The van der Waals surface area contributed by atoms with Gasteiger partial charge in [0.15, 0.2) is 6.17 Å². The zero-order valence-corrected chi connectivity index (χ0v) is 16.0. The summed E-state index contributed by atoms with van der Waals surface area (Å²) in [4.78, 5) is 30.4. The standard InChI is InChI=1S/C22H20N4O3/c1-14(27)24-15-5-7-16(8-6-15)25-21-20-19(4-3-13-23-20)22(28)26(21)17-9-11-18(29-2)12-10-17/h3-13,21,25H,1-2H3,(H,24,27). The molecule has 0 bridgehead atoms. The number of ether oxygens (including phenoxy) is 1. The first-order valence-corrected chi connectivity index (χ1v) is 9.13. The number of aromatic nitrogens is 1. The number of carbonyl (C=O) groups excluding carboxylic acids is 2. The molecule has 0 radical (unpaired) electrons. The first-order valence-electron chi connectivity index (χ1n) is 9.13. The summed E-state index contributed by atoms with van der Waals surface area (Å²) < 4.78 is 5.22. The number of fused-ring (bicyclic) bond motifs is 1. The van der Waals surface area contributed by atoms with E-state index in [0.717, 1.165) is 11.4 Å². The van der Waals surface area contributed by atoms with Gasteiger partial charge < -0.3 is 15.4 Å². The molecule has 2 amide bonds. The lowest BCUT2D eigenvalue weighted by atomic mass is 10.2. The van der Waals surface area contributed by atoms with Gasteiger partial charge in [-0.05, 0) is 60.7 Å². The number of benzene rings is 2. The van der Waals surface area contributed by atoms with Crippen LogP contribution in [0.4, 0.5) is 17.1 Å². The van der Waals surface area contributed by atoms with Crippen molar-refractivity contribution >= 4 is 28.9 Å². The highest BCUT2D eigenvalue weighted by atomic mass is 16.5. The number of nitrogens with one attached hydrogen (secondary N) is 2. The number of hydrogen-bond acceptors (Lipinski definition) is 5. The molecular weight excluding hydrogens is 368 g/mol. The third kappa shape index (κ3) is 3.62. The Bertz CT molecular complexity index is 1050. The minimum Gasteiger partial charge on any atom is -0.497 e. The van der Waals surface area contributed by atoms with Gasteiger partial charge >= 0.3 is 0 Å². The summed E-state index contributed by atoms with van der Waals surface area (Å²) in [5, 5.41) is 6.12. The zero-order chi connectivity index (χ0) is 20.4. The Kier molecular flexibility index (Phi) is 4.87. The topological polar surface area (TPSA) is 83.6 Å². The second-order valence-electron chi connectivity index (χ2n) is 6.61. The summed E-state index contributed by atoms with van der Waals surface area (Å²) in [6, 6.07) is 18.2. The molecular formula is C22H20N4O3. The summed E-state index contributed by atoms with van der Waals surface area (Å²) >= 11 is 0. The molecule has 1 unspecified atom stereocenters. The van der Waals surface area contributed by atoms with Gasteiger partial charge in [0.05, 0.1) is 18.4 Å². The number of hydrogen-bond donors (Lipinski definition) is 2. The van der Waals surface area contributed by atoms with Crippen LogP contribution in [-0.4, -0.2) is 23.9 Å². The number of pyridine rings is 1. The van der Waals surface area contributed by atoms with E-state index in [-0.39, 0.29) is 11.8 Å². The monoisotopic (exact) mass is 388 g/mol. The van der Waals surface area contributed by atoms with E-state index in [9.17, 15) is 9.59 Å². The van der Waals surface area contributed by atoms with Crippen LogP contribution in [0.2, 0.25) is 0 Å². The molecule has 0 saturated carbocycles. The Labute approximate surface area is 168 Å². The van der Waals surface area contributed by atoms with Crippen molar-refractivity contribution in [3.05, 3.63) is 78.1 Å². The SMILES string of the molecule is COc1ccc(N2C(=O)c3cccnc3C2Nc2ccc(NC(C)=O)cc2)cc1. The lowest BCUT2D eigenvalue weighted by Gasteiger charge is -2.26. The first-order chi connectivity index (χ1) is 14.1. The Morgan fingerprint density at radius 1 is 1.03 bits per heavy atom. The second kappa shape index (κ2) is 7.63. The van der Waals surface area contributed by atoms with E-state index in [4.69, 9.17) is 4.74 Å². The predicted octanol–water partition coefficient (Wildman–Crippen LogP) is 3.82. The van der Waals surface area contributed by atoms with Gasteiger partial charge in [-0.1, -0.05) is 0 Å². The van der Waals surface area contributed by atoms with Crippen LogP contribution in [-0.2, 0) is 4.79 Å². The van der Waals surface area contributed by atoms with Crippen LogP contribution in [0.1, 0.15) is 29.1 Å². The van der Waals surface area contributed by atoms with Gasteiger partial charge in [-0.15, -0.1) is 0 Å². The fraction of sp³-hybridized carbons (Fsp3) is 0.136. The Hall–Kier alpha value is -3.87. The Morgan fingerprint density at radius 2 is 1.72 bits per heavy atom. The maximum atomic E-state index is 13.1. The van der Waals surface area contributed by atoms with E-state index in [1.54, 1.807) is 42.5 Å². The third-order valence-electron chi connectivity index (χ3n) is 4.66. The summed E-state index contributed by atoms with van der Waals surface area (Å²) in [6.07, 6.45) is 1.22. The van der Waals surface area contributed by atoms with Crippen LogP contribution in [0.5, 0.6) is 5.75 Å². The molecule has 4 rings (SSSR count). The fourth-order valence-electron chi connectivity index (χ4n) is 3.34. The quantitative estimate of drug-likeness (QED) is 0.694. The summed E-state index contributed by atoms with van der Waals surface area (Å²) in [5.41, 5.74) is 3.47. The normalized spacial score (nSPS) is 15.0. The van der Waals surface area contributed by atoms with Crippen molar-refractivity contribution in [2.75, 3.05) is 22.6 Å². The minimum absolute atomic E-state index is 0.120. The highest BCUT2D eigenvalue weighted by molar-refractivity contribution is 6.11. The van der Waals surface area contributed by atoms with Crippen LogP contribution in [0.25, 0.3) is 0 Å². The molecule has 2 heterocycles. The molecule has 7 heteroatoms. The molecule has 1 aliphatic heterocycles. The zero-order valence-electron chi connectivity index (χ0n) is 16.0. The molecule has 29 heavy (non-hydrogen) atoms. The Morgan fingerprint density at radius 3 is 2.38 bits per heavy atom. The van der Waals surface area contributed by atoms with Crippen LogP contribution >= 0.6 is 0 Å². The molecule has 2 aromatic carbocycles. The van der Waals surface area contributed by atoms with Crippen LogP contribution in [0.15, 0.2) is 66.9 Å². The molecule has 0 spiro atoms. The first kappa shape index (κ1) is 18.5. The number of carbonyl (C=O) groups is 2. The number of methoxy groups -OCH3 is 1. The van der Waals surface area contributed by atoms with Gasteiger partial charge in [0, 0.05) is 30.2 Å². The average Bonchev–Trinajstić information content (AvgIpc) is 3.01. The summed E-state index contributed by atoms with van der Waals surface area (Å²) in [7, 11) is 1.60. The summed E-state index contributed by atoms with van der Waals surface area (Å²) in [5.74, 6) is 0.468. The molecule has 1 aliphatic rings. The lowest BCUT2D eigenvalue weighted by molar-refractivity contribution is -0.114. The van der Waals surface area contributed by atoms with Gasteiger partial charge in [-0.2, -0.15) is 0 Å². The highest BCUT2D eigenvalue weighted by Crippen LogP contribution is 2.37.